The highest BCUT2D eigenvalue weighted by molar-refractivity contribution is 6.30. The molecule has 0 aromatic heterocycles. The lowest BCUT2D eigenvalue weighted by molar-refractivity contribution is 0.135. The summed E-state index contributed by atoms with van der Waals surface area (Å²) < 4.78 is 17.2. The van der Waals surface area contributed by atoms with E-state index in [0.717, 1.165) is 36.6 Å². The third-order valence-corrected chi connectivity index (χ3v) is 4.00. The molecule has 5 heteroatoms. The van der Waals surface area contributed by atoms with Crippen molar-refractivity contribution in [3.63, 3.8) is 0 Å². The molecule has 0 atom stereocenters. The quantitative estimate of drug-likeness (QED) is 0.843. The second kappa shape index (κ2) is 7.57. The highest BCUT2D eigenvalue weighted by atomic mass is 35.5. The van der Waals surface area contributed by atoms with Crippen LogP contribution in [0.2, 0.25) is 5.02 Å². The van der Waals surface area contributed by atoms with Crippen LogP contribution in [0.25, 0.3) is 0 Å². The van der Waals surface area contributed by atoms with Crippen LogP contribution >= 0.6 is 11.6 Å². The molecule has 0 unspecified atom stereocenters. The molecular weight excluding hydrogens is 314 g/mol. The number of para-hydroxylation sites is 1. The zero-order valence-electron chi connectivity index (χ0n) is 13.0. The maximum atomic E-state index is 6.06. The first-order valence-corrected chi connectivity index (χ1v) is 8.05. The van der Waals surface area contributed by atoms with Crippen molar-refractivity contribution >= 4 is 11.6 Å². The summed E-state index contributed by atoms with van der Waals surface area (Å²) in [5.41, 5.74) is 1.12. The molecule has 0 radical (unpaired) electrons. The van der Waals surface area contributed by atoms with Gasteiger partial charge in [0.2, 0.25) is 0 Å². The van der Waals surface area contributed by atoms with Crippen LogP contribution in [0.4, 0.5) is 0 Å². The van der Waals surface area contributed by atoms with Gasteiger partial charge in [-0.1, -0.05) is 29.8 Å². The Morgan fingerprint density at radius 3 is 2.65 bits per heavy atom. The number of benzene rings is 2. The molecule has 1 fully saturated rings. The molecule has 1 N–H and O–H groups in total. The maximum Gasteiger partial charge on any atom is 0.163 e. The minimum absolute atomic E-state index is 0.185. The van der Waals surface area contributed by atoms with E-state index >= 15 is 0 Å². The fourth-order valence-electron chi connectivity index (χ4n) is 2.40. The molecule has 122 valence electrons. The van der Waals surface area contributed by atoms with Gasteiger partial charge < -0.3 is 19.5 Å². The van der Waals surface area contributed by atoms with Gasteiger partial charge in [-0.15, -0.1) is 0 Å². The lowest BCUT2D eigenvalue weighted by Gasteiger charge is -2.28. The third kappa shape index (κ3) is 4.09. The molecule has 1 saturated heterocycles. The van der Waals surface area contributed by atoms with Crippen LogP contribution in [0.1, 0.15) is 5.56 Å². The second-order valence-electron chi connectivity index (χ2n) is 5.40. The highest BCUT2D eigenvalue weighted by Gasteiger charge is 2.20. The van der Waals surface area contributed by atoms with Gasteiger partial charge >= 0.3 is 0 Å². The molecule has 23 heavy (non-hydrogen) atoms. The van der Waals surface area contributed by atoms with E-state index in [1.165, 1.54) is 0 Å². The van der Waals surface area contributed by atoms with E-state index in [-0.39, 0.29) is 6.10 Å². The van der Waals surface area contributed by atoms with Gasteiger partial charge in [-0.25, -0.2) is 0 Å². The van der Waals surface area contributed by atoms with Crippen molar-refractivity contribution in [3.05, 3.63) is 53.1 Å². The first-order chi connectivity index (χ1) is 11.3. The predicted molar refractivity (Wildman–Crippen MR) is 90.9 cm³/mol. The van der Waals surface area contributed by atoms with Crippen LogP contribution in [0.5, 0.6) is 17.2 Å². The Morgan fingerprint density at radius 2 is 1.91 bits per heavy atom. The molecular formula is C18H20ClNO3. The maximum absolute atomic E-state index is 6.06. The summed E-state index contributed by atoms with van der Waals surface area (Å²) in [6.07, 6.45) is 0.946. The first-order valence-electron chi connectivity index (χ1n) is 7.68. The van der Waals surface area contributed by atoms with Gasteiger partial charge in [0.1, 0.15) is 11.9 Å². The van der Waals surface area contributed by atoms with E-state index in [2.05, 4.69) is 5.32 Å². The van der Waals surface area contributed by atoms with Crippen LogP contribution in [-0.2, 0) is 6.42 Å². The molecule has 0 aliphatic carbocycles. The molecule has 1 heterocycles. The number of hydrogen-bond acceptors (Lipinski definition) is 4. The van der Waals surface area contributed by atoms with E-state index in [0.29, 0.717) is 17.4 Å². The van der Waals surface area contributed by atoms with E-state index in [1.54, 1.807) is 13.2 Å². The number of halogens is 1. The molecule has 2 aromatic rings. The second-order valence-corrected chi connectivity index (χ2v) is 5.84. The lowest BCUT2D eigenvalue weighted by Crippen LogP contribution is -2.50. The predicted octanol–water partition coefficient (Wildman–Crippen LogP) is 3.32. The van der Waals surface area contributed by atoms with E-state index in [1.807, 2.05) is 36.4 Å². The lowest BCUT2D eigenvalue weighted by atomic mass is 10.1. The summed E-state index contributed by atoms with van der Waals surface area (Å²) in [5.74, 6) is 2.30. The van der Waals surface area contributed by atoms with E-state index in [9.17, 15) is 0 Å². The SMILES string of the molecule is COc1ccccc1CCOc1ccc(Cl)cc1OC1CNC1. The third-order valence-electron chi connectivity index (χ3n) is 3.76. The smallest absolute Gasteiger partial charge is 0.163 e. The summed E-state index contributed by atoms with van der Waals surface area (Å²) in [7, 11) is 1.68. The van der Waals surface area contributed by atoms with Crippen LogP contribution in [-0.4, -0.2) is 32.9 Å². The van der Waals surface area contributed by atoms with Crippen LogP contribution in [0.3, 0.4) is 0 Å². The van der Waals surface area contributed by atoms with Gasteiger partial charge in [0.05, 0.1) is 13.7 Å². The molecule has 0 bridgehead atoms. The Balaban J connectivity index is 1.63. The Kier molecular flexibility index (Phi) is 5.26. The largest absolute Gasteiger partial charge is 0.496 e. The fraction of sp³-hybridized carbons (Fsp3) is 0.333. The number of nitrogens with one attached hydrogen (secondary N) is 1. The van der Waals surface area contributed by atoms with Gasteiger partial charge in [-0.3, -0.25) is 0 Å². The minimum atomic E-state index is 0.185. The minimum Gasteiger partial charge on any atom is -0.496 e. The Hall–Kier alpha value is -1.91. The summed E-state index contributed by atoms with van der Waals surface area (Å²) in [6, 6.07) is 13.4. The summed E-state index contributed by atoms with van der Waals surface area (Å²) in [6.45, 7) is 2.25. The van der Waals surface area contributed by atoms with Crippen LogP contribution in [0, 0.1) is 0 Å². The van der Waals surface area contributed by atoms with Crippen LogP contribution in [0.15, 0.2) is 42.5 Å². The Bertz CT molecular complexity index is 658. The highest BCUT2D eigenvalue weighted by Crippen LogP contribution is 2.32. The molecule has 4 nitrogen and oxygen atoms in total. The molecule has 0 spiro atoms. The number of rotatable bonds is 7. The molecule has 0 amide bonds. The van der Waals surface area contributed by atoms with Gasteiger partial charge in [-0.05, 0) is 23.8 Å². The summed E-state index contributed by atoms with van der Waals surface area (Å²) >= 11 is 6.06. The van der Waals surface area contributed by atoms with Crippen molar-refractivity contribution in [1.82, 2.24) is 5.32 Å². The zero-order chi connectivity index (χ0) is 16.1. The van der Waals surface area contributed by atoms with Crippen LogP contribution < -0.4 is 19.5 Å². The van der Waals surface area contributed by atoms with Gasteiger partial charge in [0, 0.05) is 30.6 Å². The average Bonchev–Trinajstić information content (AvgIpc) is 2.53. The van der Waals surface area contributed by atoms with E-state index < -0.39 is 0 Å². The van der Waals surface area contributed by atoms with Crippen molar-refractivity contribution in [2.75, 3.05) is 26.8 Å². The molecule has 3 rings (SSSR count). The number of ether oxygens (including phenoxy) is 3. The molecule has 1 aliphatic heterocycles. The Morgan fingerprint density at radius 1 is 1.09 bits per heavy atom. The normalized spacial score (nSPS) is 14.2. The summed E-state index contributed by atoms with van der Waals surface area (Å²) in [4.78, 5) is 0. The van der Waals surface area contributed by atoms with Gasteiger partial charge in [0.25, 0.3) is 0 Å². The van der Waals surface area contributed by atoms with Crippen molar-refractivity contribution < 1.29 is 14.2 Å². The topological polar surface area (TPSA) is 39.7 Å². The zero-order valence-corrected chi connectivity index (χ0v) is 13.8. The van der Waals surface area contributed by atoms with Crippen molar-refractivity contribution in [1.29, 1.82) is 0 Å². The van der Waals surface area contributed by atoms with Crippen molar-refractivity contribution in [3.8, 4) is 17.2 Å². The molecule has 1 aliphatic rings. The van der Waals surface area contributed by atoms with Gasteiger partial charge in [0.15, 0.2) is 11.5 Å². The van der Waals surface area contributed by atoms with Crippen molar-refractivity contribution in [2.45, 2.75) is 12.5 Å². The molecule has 0 saturated carbocycles. The number of hydrogen-bond donors (Lipinski definition) is 1. The first kappa shape index (κ1) is 16.0. The fourth-order valence-corrected chi connectivity index (χ4v) is 2.56. The number of methoxy groups -OCH3 is 1. The van der Waals surface area contributed by atoms with Gasteiger partial charge in [-0.2, -0.15) is 0 Å². The molecule has 2 aromatic carbocycles. The monoisotopic (exact) mass is 333 g/mol. The summed E-state index contributed by atoms with van der Waals surface area (Å²) in [5, 5.41) is 3.82. The van der Waals surface area contributed by atoms with Crippen molar-refractivity contribution in [2.24, 2.45) is 0 Å². The van der Waals surface area contributed by atoms with E-state index in [4.69, 9.17) is 25.8 Å². The standard InChI is InChI=1S/C18H20ClNO3/c1-21-16-5-3-2-4-13(16)8-9-22-17-7-6-14(19)10-18(17)23-15-11-20-12-15/h2-7,10,15,20H,8-9,11-12H2,1H3. The Labute approximate surface area is 141 Å². The average molecular weight is 334 g/mol.